The first-order valence-electron chi connectivity index (χ1n) is 3.54. The smallest absolute Gasteiger partial charge is 0.308 e. The maximum Gasteiger partial charge on any atom is 0.308 e. The Hall–Kier alpha value is -1.29. The summed E-state index contributed by atoms with van der Waals surface area (Å²) < 4.78 is 4.94. The molecular weight excluding hydrogens is 194 g/mol. The van der Waals surface area contributed by atoms with Gasteiger partial charge >= 0.3 is 5.97 Å². The molecule has 0 atom stereocenters. The maximum absolute atomic E-state index is 10.4. The van der Waals surface area contributed by atoms with Gasteiger partial charge in [-0.1, -0.05) is 11.6 Å². The van der Waals surface area contributed by atoms with Crippen molar-refractivity contribution in [1.82, 2.24) is 4.98 Å². The number of pyridine rings is 1. The van der Waals surface area contributed by atoms with E-state index in [1.165, 1.54) is 13.3 Å². The van der Waals surface area contributed by atoms with Gasteiger partial charge in [0, 0.05) is 11.8 Å². The average Bonchev–Trinajstić information content (AvgIpc) is 2.08. The van der Waals surface area contributed by atoms with E-state index >= 15 is 0 Å². The summed E-state index contributed by atoms with van der Waals surface area (Å²) in [6.07, 6.45) is 1.28. The topological polar surface area (TPSA) is 59.4 Å². The van der Waals surface area contributed by atoms with Gasteiger partial charge in [0.15, 0.2) is 0 Å². The lowest BCUT2D eigenvalue weighted by Gasteiger charge is -2.06. The van der Waals surface area contributed by atoms with Crippen LogP contribution in [-0.2, 0) is 11.2 Å². The highest BCUT2D eigenvalue weighted by Crippen LogP contribution is 2.24. The molecule has 13 heavy (non-hydrogen) atoms. The predicted molar refractivity (Wildman–Crippen MR) is 47.1 cm³/mol. The fourth-order valence-corrected chi connectivity index (χ4v) is 1.17. The zero-order valence-electron chi connectivity index (χ0n) is 6.95. The third kappa shape index (κ3) is 2.32. The minimum absolute atomic E-state index is 0.168. The Bertz CT molecular complexity index is 327. The van der Waals surface area contributed by atoms with Crippen LogP contribution in [0.1, 0.15) is 5.56 Å². The lowest BCUT2D eigenvalue weighted by atomic mass is 10.2. The van der Waals surface area contributed by atoms with E-state index in [1.807, 2.05) is 0 Å². The highest BCUT2D eigenvalue weighted by molar-refractivity contribution is 6.30. The van der Waals surface area contributed by atoms with Crippen molar-refractivity contribution >= 4 is 17.6 Å². The van der Waals surface area contributed by atoms with Gasteiger partial charge in [-0.3, -0.25) is 4.79 Å². The molecule has 0 radical (unpaired) electrons. The Morgan fingerprint density at radius 2 is 2.46 bits per heavy atom. The van der Waals surface area contributed by atoms with Gasteiger partial charge in [0.1, 0.15) is 10.9 Å². The predicted octanol–water partition coefficient (Wildman–Crippen LogP) is 1.37. The van der Waals surface area contributed by atoms with Crippen molar-refractivity contribution < 1.29 is 14.6 Å². The van der Waals surface area contributed by atoms with Crippen molar-refractivity contribution in [2.45, 2.75) is 6.42 Å². The van der Waals surface area contributed by atoms with Crippen LogP contribution in [0.25, 0.3) is 0 Å². The molecule has 1 heterocycles. The zero-order chi connectivity index (χ0) is 9.84. The van der Waals surface area contributed by atoms with E-state index in [9.17, 15) is 4.79 Å². The molecule has 1 rings (SSSR count). The molecule has 1 aromatic heterocycles. The summed E-state index contributed by atoms with van der Waals surface area (Å²) >= 11 is 5.70. The van der Waals surface area contributed by atoms with Crippen LogP contribution in [0, 0.1) is 0 Å². The largest absolute Gasteiger partial charge is 0.496 e. The van der Waals surface area contributed by atoms with Crippen molar-refractivity contribution in [3.8, 4) is 5.75 Å². The molecule has 1 aromatic rings. The van der Waals surface area contributed by atoms with Gasteiger partial charge in [0.05, 0.1) is 13.5 Å². The van der Waals surface area contributed by atoms with Crippen LogP contribution >= 0.6 is 11.6 Å². The van der Waals surface area contributed by atoms with Gasteiger partial charge in [-0.15, -0.1) is 0 Å². The fourth-order valence-electron chi connectivity index (χ4n) is 0.953. The van der Waals surface area contributed by atoms with E-state index in [2.05, 4.69) is 4.98 Å². The number of carboxylic acids is 1. The molecule has 70 valence electrons. The Labute approximate surface area is 80.1 Å². The van der Waals surface area contributed by atoms with Gasteiger partial charge in [-0.25, -0.2) is 4.98 Å². The number of carboxylic acid groups (broad SMARTS) is 1. The summed E-state index contributed by atoms with van der Waals surface area (Å²) in [4.78, 5) is 14.2. The average molecular weight is 202 g/mol. The van der Waals surface area contributed by atoms with E-state index in [0.717, 1.165) is 0 Å². The summed E-state index contributed by atoms with van der Waals surface area (Å²) in [6.45, 7) is 0. The number of ether oxygens (including phenoxy) is 1. The first-order valence-corrected chi connectivity index (χ1v) is 3.92. The highest BCUT2D eigenvalue weighted by Gasteiger charge is 2.11. The summed E-state index contributed by atoms with van der Waals surface area (Å²) in [5, 5.41) is 8.74. The Morgan fingerprint density at radius 3 is 3.00 bits per heavy atom. The molecule has 0 aliphatic rings. The Balaban J connectivity index is 3.07. The number of halogens is 1. The van der Waals surface area contributed by atoms with Gasteiger partial charge in [-0.2, -0.15) is 0 Å². The van der Waals surface area contributed by atoms with E-state index in [4.69, 9.17) is 21.4 Å². The van der Waals surface area contributed by atoms with Crippen LogP contribution in [-0.4, -0.2) is 23.2 Å². The molecule has 0 fully saturated rings. The second-order valence-electron chi connectivity index (χ2n) is 2.35. The van der Waals surface area contributed by atoms with Gasteiger partial charge in [0.2, 0.25) is 0 Å². The van der Waals surface area contributed by atoms with Gasteiger partial charge in [-0.05, 0) is 6.07 Å². The first-order chi connectivity index (χ1) is 6.15. The number of carbonyl (C=O) groups is 1. The van der Waals surface area contributed by atoms with Crippen LogP contribution in [0.3, 0.4) is 0 Å². The minimum atomic E-state index is -0.965. The molecule has 4 nitrogen and oxygen atoms in total. The summed E-state index contributed by atoms with van der Waals surface area (Å²) in [7, 11) is 1.46. The molecule has 5 heteroatoms. The SMILES string of the molecule is COc1ccnc(Cl)c1CC(=O)O. The quantitative estimate of drug-likeness (QED) is 0.751. The molecule has 0 saturated heterocycles. The molecular formula is C8H8ClNO3. The van der Waals surface area contributed by atoms with E-state index < -0.39 is 5.97 Å². The zero-order valence-corrected chi connectivity index (χ0v) is 7.71. The molecule has 0 spiro atoms. The lowest BCUT2D eigenvalue weighted by Crippen LogP contribution is -2.03. The number of nitrogens with zero attached hydrogens (tertiary/aromatic N) is 1. The lowest BCUT2D eigenvalue weighted by molar-refractivity contribution is -0.136. The molecule has 0 unspecified atom stereocenters. The second kappa shape index (κ2) is 4.09. The van der Waals surface area contributed by atoms with Gasteiger partial charge in [0.25, 0.3) is 0 Å². The number of aromatic nitrogens is 1. The second-order valence-corrected chi connectivity index (χ2v) is 2.71. The number of methoxy groups -OCH3 is 1. The molecule has 0 amide bonds. The van der Waals surface area contributed by atoms with Crippen LogP contribution in [0.15, 0.2) is 12.3 Å². The number of aliphatic carboxylic acids is 1. The van der Waals surface area contributed by atoms with Crippen molar-refractivity contribution in [2.75, 3.05) is 7.11 Å². The van der Waals surface area contributed by atoms with Crippen LogP contribution < -0.4 is 4.74 Å². The van der Waals surface area contributed by atoms with E-state index in [1.54, 1.807) is 6.07 Å². The number of rotatable bonds is 3. The Kier molecular flexibility index (Phi) is 3.08. The molecule has 0 aromatic carbocycles. The standard InChI is InChI=1S/C8H8ClNO3/c1-13-6-2-3-10-8(9)5(6)4-7(11)12/h2-3H,4H2,1H3,(H,11,12). The summed E-state index contributed by atoms with van der Waals surface area (Å²) in [5.41, 5.74) is 0.402. The van der Waals surface area contributed by atoms with Crippen LogP contribution in [0.4, 0.5) is 0 Å². The normalized spacial score (nSPS) is 9.69. The highest BCUT2D eigenvalue weighted by atomic mass is 35.5. The summed E-state index contributed by atoms with van der Waals surface area (Å²) in [5.74, 6) is -0.518. The number of hydrogen-bond acceptors (Lipinski definition) is 3. The van der Waals surface area contributed by atoms with Crippen LogP contribution in [0.2, 0.25) is 5.15 Å². The third-order valence-electron chi connectivity index (χ3n) is 1.51. The molecule has 0 bridgehead atoms. The summed E-state index contributed by atoms with van der Waals surface area (Å²) in [6, 6.07) is 1.57. The maximum atomic E-state index is 10.4. The first kappa shape index (κ1) is 9.80. The molecule has 0 aliphatic carbocycles. The minimum Gasteiger partial charge on any atom is -0.496 e. The molecule has 1 N–H and O–H groups in total. The van der Waals surface area contributed by atoms with Crippen LogP contribution in [0.5, 0.6) is 5.75 Å². The van der Waals surface area contributed by atoms with Crippen molar-refractivity contribution in [2.24, 2.45) is 0 Å². The number of hydrogen-bond donors (Lipinski definition) is 1. The van der Waals surface area contributed by atoms with Crippen molar-refractivity contribution in [1.29, 1.82) is 0 Å². The van der Waals surface area contributed by atoms with Crippen molar-refractivity contribution in [3.63, 3.8) is 0 Å². The Morgan fingerprint density at radius 1 is 1.77 bits per heavy atom. The fraction of sp³-hybridized carbons (Fsp3) is 0.250. The van der Waals surface area contributed by atoms with E-state index in [-0.39, 0.29) is 11.6 Å². The van der Waals surface area contributed by atoms with E-state index in [0.29, 0.717) is 11.3 Å². The van der Waals surface area contributed by atoms with Crippen molar-refractivity contribution in [3.05, 3.63) is 23.0 Å². The monoisotopic (exact) mass is 201 g/mol. The molecule has 0 aliphatic heterocycles. The molecule has 0 saturated carbocycles. The van der Waals surface area contributed by atoms with Gasteiger partial charge < -0.3 is 9.84 Å². The third-order valence-corrected chi connectivity index (χ3v) is 1.83.